The molecule has 0 saturated carbocycles. The number of rotatable bonds is 5. The average Bonchev–Trinajstić information content (AvgIpc) is 3.11. The molecule has 2 aromatic carbocycles. The van der Waals surface area contributed by atoms with Crippen LogP contribution in [0.4, 0.5) is 18.9 Å². The van der Waals surface area contributed by atoms with Gasteiger partial charge in [0.2, 0.25) is 11.8 Å². The second-order valence-corrected chi connectivity index (χ2v) is 6.98. The number of benzene rings is 2. The van der Waals surface area contributed by atoms with Crippen LogP contribution in [-0.2, 0) is 11.0 Å². The van der Waals surface area contributed by atoms with Gasteiger partial charge in [-0.05, 0) is 49.2 Å². The maximum atomic E-state index is 13.0. The van der Waals surface area contributed by atoms with E-state index in [1.807, 2.05) is 32.0 Å². The SMILES string of the molecule is Cc1ccc(-c2nnc(SCC(=O)Nc3ccccc3C(F)(F)F)o2)cc1C. The number of aromatic nitrogens is 2. The lowest BCUT2D eigenvalue weighted by Crippen LogP contribution is -2.18. The van der Waals surface area contributed by atoms with Gasteiger partial charge in [0.05, 0.1) is 17.0 Å². The number of carbonyl (C=O) groups is 1. The first-order valence-electron chi connectivity index (χ1n) is 8.24. The van der Waals surface area contributed by atoms with Crippen molar-refractivity contribution in [2.75, 3.05) is 11.1 Å². The molecule has 3 rings (SSSR count). The molecule has 28 heavy (non-hydrogen) atoms. The Hall–Kier alpha value is -2.81. The minimum absolute atomic E-state index is 0.160. The number of hydrogen-bond acceptors (Lipinski definition) is 5. The van der Waals surface area contributed by atoms with Gasteiger partial charge in [-0.1, -0.05) is 30.0 Å². The standard InChI is InChI=1S/C19H16F3N3O2S/c1-11-7-8-13(9-12(11)2)17-24-25-18(27-17)28-10-16(26)23-15-6-4-3-5-14(15)19(20,21)22/h3-9H,10H2,1-2H3,(H,23,26). The number of carbonyl (C=O) groups excluding carboxylic acids is 1. The normalized spacial score (nSPS) is 11.5. The minimum Gasteiger partial charge on any atom is -0.411 e. The highest BCUT2D eigenvalue weighted by Gasteiger charge is 2.33. The molecule has 1 heterocycles. The Morgan fingerprint density at radius 3 is 2.57 bits per heavy atom. The molecule has 0 bridgehead atoms. The molecule has 1 N–H and O–H groups in total. The number of alkyl halides is 3. The van der Waals surface area contributed by atoms with Gasteiger partial charge < -0.3 is 9.73 Å². The van der Waals surface area contributed by atoms with E-state index in [2.05, 4.69) is 15.5 Å². The summed E-state index contributed by atoms with van der Waals surface area (Å²) in [5.41, 5.74) is 1.78. The number of hydrogen-bond donors (Lipinski definition) is 1. The molecule has 0 spiro atoms. The number of thioether (sulfide) groups is 1. The zero-order valence-electron chi connectivity index (χ0n) is 15.0. The summed E-state index contributed by atoms with van der Waals surface area (Å²) in [5, 5.41) is 10.2. The Kier molecular flexibility index (Phi) is 5.73. The van der Waals surface area contributed by atoms with Crippen molar-refractivity contribution in [2.24, 2.45) is 0 Å². The third-order valence-corrected chi connectivity index (χ3v) is 4.81. The van der Waals surface area contributed by atoms with Crippen LogP contribution in [-0.4, -0.2) is 21.9 Å². The van der Waals surface area contributed by atoms with Crippen LogP contribution in [0, 0.1) is 13.8 Å². The summed E-state index contributed by atoms with van der Waals surface area (Å²) in [5.74, 6) is -0.457. The number of aryl methyl sites for hydroxylation is 2. The van der Waals surface area contributed by atoms with E-state index in [0.29, 0.717) is 5.89 Å². The van der Waals surface area contributed by atoms with Crippen LogP contribution in [0.5, 0.6) is 0 Å². The molecule has 0 fully saturated rings. The van der Waals surface area contributed by atoms with E-state index < -0.39 is 17.6 Å². The first kappa shape index (κ1) is 19.9. The van der Waals surface area contributed by atoms with Crippen molar-refractivity contribution in [2.45, 2.75) is 25.2 Å². The first-order valence-corrected chi connectivity index (χ1v) is 9.22. The van der Waals surface area contributed by atoms with Gasteiger partial charge in [0, 0.05) is 5.56 Å². The topological polar surface area (TPSA) is 68.0 Å². The number of anilines is 1. The van der Waals surface area contributed by atoms with E-state index in [1.165, 1.54) is 18.2 Å². The van der Waals surface area contributed by atoms with E-state index in [4.69, 9.17) is 4.42 Å². The van der Waals surface area contributed by atoms with Gasteiger partial charge in [0.25, 0.3) is 5.22 Å². The summed E-state index contributed by atoms with van der Waals surface area (Å²) in [4.78, 5) is 12.0. The molecule has 0 saturated heterocycles. The summed E-state index contributed by atoms with van der Waals surface area (Å²) in [6, 6.07) is 10.5. The van der Waals surface area contributed by atoms with Crippen molar-refractivity contribution >= 4 is 23.4 Å². The molecule has 0 atom stereocenters. The first-order chi connectivity index (χ1) is 13.2. The van der Waals surface area contributed by atoms with E-state index >= 15 is 0 Å². The summed E-state index contributed by atoms with van der Waals surface area (Å²) < 4.78 is 44.5. The maximum absolute atomic E-state index is 13.0. The number of halogens is 3. The Labute approximate surface area is 163 Å². The van der Waals surface area contributed by atoms with E-state index in [1.54, 1.807) is 0 Å². The number of nitrogens with one attached hydrogen (secondary N) is 1. The van der Waals surface area contributed by atoms with Crippen LogP contribution >= 0.6 is 11.8 Å². The largest absolute Gasteiger partial charge is 0.418 e. The second-order valence-electron chi connectivity index (χ2n) is 6.05. The molecule has 1 aromatic heterocycles. The van der Waals surface area contributed by atoms with E-state index in [-0.39, 0.29) is 16.7 Å². The fourth-order valence-electron chi connectivity index (χ4n) is 2.41. The van der Waals surface area contributed by atoms with Crippen LogP contribution in [0.1, 0.15) is 16.7 Å². The zero-order chi connectivity index (χ0) is 20.3. The monoisotopic (exact) mass is 407 g/mol. The lowest BCUT2D eigenvalue weighted by molar-refractivity contribution is -0.137. The molecule has 9 heteroatoms. The van der Waals surface area contributed by atoms with Gasteiger partial charge in [-0.15, -0.1) is 10.2 Å². The molecule has 3 aromatic rings. The molecular formula is C19H16F3N3O2S. The third-order valence-electron chi connectivity index (χ3n) is 3.99. The van der Waals surface area contributed by atoms with Crippen LogP contribution in [0.15, 0.2) is 52.1 Å². The van der Waals surface area contributed by atoms with Gasteiger partial charge in [-0.3, -0.25) is 4.79 Å². The lowest BCUT2D eigenvalue weighted by atomic mass is 10.1. The fourth-order valence-corrected chi connectivity index (χ4v) is 2.98. The van der Waals surface area contributed by atoms with Crippen molar-refractivity contribution in [1.29, 1.82) is 0 Å². The molecule has 5 nitrogen and oxygen atoms in total. The molecule has 0 radical (unpaired) electrons. The average molecular weight is 407 g/mol. The summed E-state index contributed by atoms with van der Waals surface area (Å²) in [7, 11) is 0. The molecule has 0 aliphatic rings. The van der Waals surface area contributed by atoms with Gasteiger partial charge in [0.15, 0.2) is 0 Å². The van der Waals surface area contributed by atoms with Gasteiger partial charge in [-0.25, -0.2) is 0 Å². The van der Waals surface area contributed by atoms with Crippen molar-refractivity contribution in [1.82, 2.24) is 10.2 Å². The summed E-state index contributed by atoms with van der Waals surface area (Å²) >= 11 is 0.950. The maximum Gasteiger partial charge on any atom is 0.418 e. The number of nitrogens with zero attached hydrogens (tertiary/aromatic N) is 2. The van der Waals surface area contributed by atoms with Crippen LogP contribution < -0.4 is 5.32 Å². The van der Waals surface area contributed by atoms with Crippen LogP contribution in [0.25, 0.3) is 11.5 Å². The van der Waals surface area contributed by atoms with Crippen molar-refractivity contribution < 1.29 is 22.4 Å². The molecule has 0 unspecified atom stereocenters. The molecule has 1 amide bonds. The Balaban J connectivity index is 1.63. The predicted octanol–water partition coefficient (Wildman–Crippen LogP) is 5.10. The van der Waals surface area contributed by atoms with Crippen LogP contribution in [0.2, 0.25) is 0 Å². The second kappa shape index (κ2) is 8.05. The summed E-state index contributed by atoms with van der Waals surface area (Å²) in [6.07, 6.45) is -4.55. The van der Waals surface area contributed by atoms with Gasteiger partial charge in [0.1, 0.15) is 0 Å². The fraction of sp³-hybridized carbons (Fsp3) is 0.211. The third kappa shape index (κ3) is 4.72. The predicted molar refractivity (Wildman–Crippen MR) is 100 cm³/mol. The quantitative estimate of drug-likeness (QED) is 0.596. The molecular weight excluding hydrogens is 391 g/mol. The van der Waals surface area contributed by atoms with Gasteiger partial charge in [-0.2, -0.15) is 13.2 Å². The van der Waals surface area contributed by atoms with E-state index in [9.17, 15) is 18.0 Å². The minimum atomic E-state index is -4.55. The number of amides is 1. The van der Waals surface area contributed by atoms with E-state index in [0.717, 1.165) is 34.5 Å². The summed E-state index contributed by atoms with van der Waals surface area (Å²) in [6.45, 7) is 3.96. The lowest BCUT2D eigenvalue weighted by Gasteiger charge is -2.13. The Bertz CT molecular complexity index is 1000. The Morgan fingerprint density at radius 2 is 1.86 bits per heavy atom. The van der Waals surface area contributed by atoms with Crippen molar-refractivity contribution in [3.8, 4) is 11.5 Å². The number of para-hydroxylation sites is 1. The smallest absolute Gasteiger partial charge is 0.411 e. The highest BCUT2D eigenvalue weighted by Crippen LogP contribution is 2.34. The molecule has 0 aliphatic heterocycles. The highest BCUT2D eigenvalue weighted by atomic mass is 32.2. The van der Waals surface area contributed by atoms with Gasteiger partial charge >= 0.3 is 6.18 Å². The molecule has 146 valence electrons. The van der Waals surface area contributed by atoms with Crippen molar-refractivity contribution in [3.05, 3.63) is 59.2 Å². The zero-order valence-corrected chi connectivity index (χ0v) is 15.8. The van der Waals surface area contributed by atoms with Crippen molar-refractivity contribution in [3.63, 3.8) is 0 Å². The Morgan fingerprint density at radius 1 is 1.11 bits per heavy atom. The highest BCUT2D eigenvalue weighted by molar-refractivity contribution is 7.99. The van der Waals surface area contributed by atoms with Crippen LogP contribution in [0.3, 0.4) is 0 Å². The molecule has 0 aliphatic carbocycles.